The number of carbonyl (C=O) groups is 1. The zero-order valence-corrected chi connectivity index (χ0v) is 15.2. The molecule has 0 saturated carbocycles. The van der Waals surface area contributed by atoms with Crippen molar-refractivity contribution in [3.05, 3.63) is 65.5 Å². The molecule has 4 rings (SSSR count). The van der Waals surface area contributed by atoms with Gasteiger partial charge in [0, 0.05) is 24.3 Å². The normalized spacial score (nSPS) is 16.5. The average molecular weight is 364 g/mol. The summed E-state index contributed by atoms with van der Waals surface area (Å²) in [5, 5.41) is 3.88. The Morgan fingerprint density at radius 3 is 2.42 bits per heavy atom. The second-order valence-corrected chi connectivity index (χ2v) is 7.27. The molecule has 1 aromatic heterocycles. The van der Waals surface area contributed by atoms with Crippen molar-refractivity contribution >= 4 is 17.2 Å². The maximum atomic E-state index is 12.8. The molecule has 132 valence electrons. The lowest BCUT2D eigenvalue weighted by atomic mass is 10.1. The predicted molar refractivity (Wildman–Crippen MR) is 104 cm³/mol. The fourth-order valence-corrected chi connectivity index (χ4v) is 4.07. The molecule has 1 saturated heterocycles. The smallest absolute Gasteiger partial charge is 0.263 e. The van der Waals surface area contributed by atoms with Gasteiger partial charge < -0.3 is 10.1 Å². The van der Waals surface area contributed by atoms with Gasteiger partial charge >= 0.3 is 0 Å². The van der Waals surface area contributed by atoms with Gasteiger partial charge in [-0.25, -0.2) is 4.98 Å². The van der Waals surface area contributed by atoms with Crippen LogP contribution in [0, 0.1) is 0 Å². The molecule has 1 amide bonds. The number of hydrogen-bond acceptors (Lipinski definition) is 4. The lowest BCUT2D eigenvalue weighted by Crippen LogP contribution is -2.31. The fourth-order valence-electron chi connectivity index (χ4n) is 3.06. The molecule has 4 nitrogen and oxygen atoms in total. The van der Waals surface area contributed by atoms with Gasteiger partial charge in [0.1, 0.15) is 9.88 Å². The van der Waals surface area contributed by atoms with Crippen molar-refractivity contribution in [2.24, 2.45) is 0 Å². The summed E-state index contributed by atoms with van der Waals surface area (Å²) in [6, 6.07) is 19.8. The number of ether oxygens (including phenoxy) is 1. The Kier molecular flexibility index (Phi) is 5.09. The summed E-state index contributed by atoms with van der Waals surface area (Å²) in [6.07, 6.45) is 2.19. The number of hydrogen-bond donors (Lipinski definition) is 1. The number of nitrogens with zero attached hydrogens (tertiary/aromatic N) is 1. The largest absolute Gasteiger partial charge is 0.376 e. The molecule has 0 spiro atoms. The molecule has 1 atom stereocenters. The second kappa shape index (κ2) is 7.81. The molecule has 1 fully saturated rings. The quantitative estimate of drug-likeness (QED) is 0.731. The van der Waals surface area contributed by atoms with Crippen molar-refractivity contribution in [3.8, 4) is 21.8 Å². The van der Waals surface area contributed by atoms with E-state index in [0.29, 0.717) is 11.4 Å². The number of rotatable bonds is 5. The minimum atomic E-state index is -0.0842. The van der Waals surface area contributed by atoms with E-state index < -0.39 is 0 Å². The van der Waals surface area contributed by atoms with Gasteiger partial charge in [-0.2, -0.15) is 0 Å². The van der Waals surface area contributed by atoms with Gasteiger partial charge in [0.15, 0.2) is 0 Å². The van der Waals surface area contributed by atoms with Crippen molar-refractivity contribution < 1.29 is 9.53 Å². The van der Waals surface area contributed by atoms with Gasteiger partial charge in [-0.05, 0) is 12.8 Å². The standard InChI is InChI=1S/C21H20N2O2S/c24-20(22-14-17-12-7-13-25-17)19-18(15-8-3-1-4-9-15)23-21(26-19)16-10-5-2-6-11-16/h1-6,8-11,17H,7,12-14H2,(H,22,24). The summed E-state index contributed by atoms with van der Waals surface area (Å²) >= 11 is 1.43. The SMILES string of the molecule is O=C(NCC1CCCO1)c1sc(-c2ccccc2)nc1-c1ccccc1. The van der Waals surface area contributed by atoms with Crippen molar-refractivity contribution in [1.29, 1.82) is 0 Å². The third-order valence-electron chi connectivity index (χ3n) is 4.42. The van der Waals surface area contributed by atoms with Crippen LogP contribution in [0.3, 0.4) is 0 Å². The van der Waals surface area contributed by atoms with Crippen LogP contribution in [0.25, 0.3) is 21.8 Å². The topological polar surface area (TPSA) is 51.2 Å². The summed E-state index contributed by atoms with van der Waals surface area (Å²) in [7, 11) is 0. The summed E-state index contributed by atoms with van der Waals surface area (Å²) in [4.78, 5) is 18.3. The van der Waals surface area contributed by atoms with Crippen molar-refractivity contribution in [2.75, 3.05) is 13.2 Å². The van der Waals surface area contributed by atoms with E-state index in [4.69, 9.17) is 9.72 Å². The Hall–Kier alpha value is -2.50. The number of thiazole rings is 1. The Bertz CT molecular complexity index is 872. The molecular formula is C21H20N2O2S. The summed E-state index contributed by atoms with van der Waals surface area (Å²) in [5.74, 6) is -0.0842. The van der Waals surface area contributed by atoms with Crippen LogP contribution in [0.4, 0.5) is 0 Å². The van der Waals surface area contributed by atoms with Gasteiger partial charge in [0.25, 0.3) is 5.91 Å². The average Bonchev–Trinajstić information content (AvgIpc) is 3.37. The van der Waals surface area contributed by atoms with Crippen LogP contribution < -0.4 is 5.32 Å². The second-order valence-electron chi connectivity index (χ2n) is 6.27. The molecule has 2 heterocycles. The van der Waals surface area contributed by atoms with E-state index in [1.54, 1.807) is 0 Å². The third kappa shape index (κ3) is 3.69. The van der Waals surface area contributed by atoms with Crippen LogP contribution in [-0.2, 0) is 4.74 Å². The van der Waals surface area contributed by atoms with Crippen LogP contribution in [0.2, 0.25) is 0 Å². The lowest BCUT2D eigenvalue weighted by Gasteiger charge is -2.10. The predicted octanol–water partition coefficient (Wildman–Crippen LogP) is 4.39. The number of carbonyl (C=O) groups excluding carboxylic acids is 1. The van der Waals surface area contributed by atoms with Crippen LogP contribution in [0.5, 0.6) is 0 Å². The van der Waals surface area contributed by atoms with Gasteiger partial charge in [-0.1, -0.05) is 60.7 Å². The molecule has 26 heavy (non-hydrogen) atoms. The molecule has 1 aliphatic rings. The first-order valence-electron chi connectivity index (χ1n) is 8.83. The summed E-state index contributed by atoms with van der Waals surface area (Å²) < 4.78 is 5.60. The van der Waals surface area contributed by atoms with Crippen LogP contribution in [0.1, 0.15) is 22.5 Å². The van der Waals surface area contributed by atoms with Crippen molar-refractivity contribution in [1.82, 2.24) is 10.3 Å². The van der Waals surface area contributed by atoms with Crippen molar-refractivity contribution in [2.45, 2.75) is 18.9 Å². The summed E-state index contributed by atoms with van der Waals surface area (Å²) in [6.45, 7) is 1.33. The van der Waals surface area contributed by atoms with Gasteiger partial charge in [0.2, 0.25) is 0 Å². The highest BCUT2D eigenvalue weighted by atomic mass is 32.1. The van der Waals surface area contributed by atoms with Gasteiger partial charge in [-0.3, -0.25) is 4.79 Å². The molecular weight excluding hydrogens is 344 g/mol. The molecule has 2 aromatic carbocycles. The first kappa shape index (κ1) is 16.9. The Morgan fingerprint density at radius 1 is 1.08 bits per heavy atom. The van der Waals surface area contributed by atoms with Crippen LogP contribution in [-0.4, -0.2) is 30.1 Å². The Labute approximate surface area is 156 Å². The minimum absolute atomic E-state index is 0.0842. The summed E-state index contributed by atoms with van der Waals surface area (Å²) in [5.41, 5.74) is 2.71. The maximum absolute atomic E-state index is 12.8. The molecule has 0 aliphatic carbocycles. The maximum Gasteiger partial charge on any atom is 0.263 e. The highest BCUT2D eigenvalue weighted by molar-refractivity contribution is 7.17. The monoisotopic (exact) mass is 364 g/mol. The number of nitrogens with one attached hydrogen (secondary N) is 1. The highest BCUT2D eigenvalue weighted by Crippen LogP contribution is 2.33. The molecule has 1 unspecified atom stereocenters. The van der Waals surface area contributed by atoms with E-state index in [1.165, 1.54) is 11.3 Å². The van der Waals surface area contributed by atoms with E-state index >= 15 is 0 Å². The van der Waals surface area contributed by atoms with E-state index in [2.05, 4.69) is 5.32 Å². The highest BCUT2D eigenvalue weighted by Gasteiger charge is 2.22. The number of aromatic nitrogens is 1. The zero-order chi connectivity index (χ0) is 17.8. The first-order chi connectivity index (χ1) is 12.8. The lowest BCUT2D eigenvalue weighted by molar-refractivity contribution is 0.0861. The molecule has 1 aliphatic heterocycles. The van der Waals surface area contributed by atoms with E-state index in [9.17, 15) is 4.79 Å². The molecule has 5 heteroatoms. The molecule has 1 N–H and O–H groups in total. The Morgan fingerprint density at radius 2 is 1.77 bits per heavy atom. The van der Waals surface area contributed by atoms with Crippen molar-refractivity contribution in [3.63, 3.8) is 0 Å². The molecule has 0 bridgehead atoms. The number of amides is 1. The molecule has 0 radical (unpaired) electrons. The van der Waals surface area contributed by atoms with Crippen LogP contribution >= 0.6 is 11.3 Å². The van der Waals surface area contributed by atoms with E-state index in [0.717, 1.165) is 41.3 Å². The zero-order valence-electron chi connectivity index (χ0n) is 14.4. The fraction of sp³-hybridized carbons (Fsp3) is 0.238. The van der Waals surface area contributed by atoms with Gasteiger partial charge in [0.05, 0.1) is 11.8 Å². The van der Waals surface area contributed by atoms with E-state index in [1.807, 2.05) is 60.7 Å². The third-order valence-corrected chi connectivity index (χ3v) is 5.52. The van der Waals surface area contributed by atoms with Gasteiger partial charge in [-0.15, -0.1) is 11.3 Å². The minimum Gasteiger partial charge on any atom is -0.376 e. The number of benzene rings is 2. The molecule has 3 aromatic rings. The van der Waals surface area contributed by atoms with Crippen LogP contribution in [0.15, 0.2) is 60.7 Å². The Balaban J connectivity index is 1.65. The first-order valence-corrected chi connectivity index (χ1v) is 9.64. The van der Waals surface area contributed by atoms with E-state index in [-0.39, 0.29) is 12.0 Å².